The average Bonchev–Trinajstić information content (AvgIpc) is 3.41. The highest BCUT2D eigenvalue weighted by Gasteiger charge is 2.38. The Balaban J connectivity index is 1.40. The van der Waals surface area contributed by atoms with Crippen molar-refractivity contribution in [1.29, 1.82) is 0 Å². The van der Waals surface area contributed by atoms with Gasteiger partial charge in [0.1, 0.15) is 8.07 Å². The fourth-order valence-electron chi connectivity index (χ4n) is 8.73. The summed E-state index contributed by atoms with van der Waals surface area (Å²) in [6.07, 6.45) is 0.647. The zero-order chi connectivity index (χ0) is 36.3. The molecule has 1 aliphatic rings. The minimum atomic E-state index is -2.09. The number of benzene rings is 8. The molecule has 0 aromatic heterocycles. The molecule has 0 aliphatic carbocycles. The Kier molecular flexibility index (Phi) is 8.05. The van der Waals surface area contributed by atoms with Crippen molar-refractivity contribution in [3.8, 4) is 55.6 Å². The van der Waals surface area contributed by atoms with E-state index in [9.17, 15) is 4.91 Å². The van der Waals surface area contributed by atoms with Crippen molar-refractivity contribution in [2.45, 2.75) is 33.4 Å². The van der Waals surface area contributed by atoms with Gasteiger partial charge in [0.05, 0.1) is 6.54 Å². The summed E-state index contributed by atoms with van der Waals surface area (Å²) in [5.41, 5.74) is 16.3. The summed E-state index contributed by atoms with van der Waals surface area (Å²) in [5.74, 6) is 0. The number of nitrogens with zero attached hydrogens (tertiary/aromatic N) is 1. The summed E-state index contributed by atoms with van der Waals surface area (Å²) in [6, 6.07) is 56.6. The first-order chi connectivity index (χ1) is 25.8. The Hall–Kier alpha value is -5.90. The van der Waals surface area contributed by atoms with E-state index >= 15 is 0 Å². The van der Waals surface area contributed by atoms with Crippen molar-refractivity contribution in [1.82, 2.24) is 0 Å². The van der Waals surface area contributed by atoms with Crippen LogP contribution in [0.4, 0.5) is 0 Å². The first kappa shape index (κ1) is 33.0. The molecular formula is C50H41NOSi. The largest absolute Gasteiger partial charge is 0.151 e. The lowest BCUT2D eigenvalue weighted by molar-refractivity contribution is 0.959. The summed E-state index contributed by atoms with van der Waals surface area (Å²) in [7, 11) is -2.09. The summed E-state index contributed by atoms with van der Waals surface area (Å²) >= 11 is 0. The first-order valence-corrected chi connectivity index (χ1v) is 21.6. The van der Waals surface area contributed by atoms with E-state index in [1.165, 1.54) is 98.7 Å². The van der Waals surface area contributed by atoms with Gasteiger partial charge in [0.2, 0.25) is 0 Å². The molecule has 0 spiro atoms. The van der Waals surface area contributed by atoms with Crippen molar-refractivity contribution in [3.05, 3.63) is 173 Å². The van der Waals surface area contributed by atoms with E-state index in [1.807, 2.05) is 0 Å². The lowest BCUT2D eigenvalue weighted by Crippen LogP contribution is -2.49. The average molecular weight is 700 g/mol. The summed E-state index contributed by atoms with van der Waals surface area (Å²) < 4.78 is 0. The van der Waals surface area contributed by atoms with Crippen LogP contribution in [0.3, 0.4) is 0 Å². The maximum Gasteiger partial charge on any atom is 0.113 e. The number of rotatable bonds is 7. The van der Waals surface area contributed by atoms with Gasteiger partial charge in [0.15, 0.2) is 0 Å². The Labute approximate surface area is 312 Å². The molecule has 8 aromatic rings. The molecular weight excluding hydrogens is 659 g/mol. The maximum atomic E-state index is 11.0. The van der Waals surface area contributed by atoms with Crippen molar-refractivity contribution in [3.63, 3.8) is 0 Å². The molecule has 0 unspecified atom stereocenters. The highest BCUT2D eigenvalue weighted by molar-refractivity contribution is 7.04. The quantitative estimate of drug-likeness (QED) is 0.0925. The number of aryl methyl sites for hydroxylation is 2. The molecule has 0 N–H and O–H groups in total. The van der Waals surface area contributed by atoms with Gasteiger partial charge >= 0.3 is 0 Å². The van der Waals surface area contributed by atoms with Gasteiger partial charge in [-0.25, -0.2) is 0 Å². The van der Waals surface area contributed by atoms with Crippen LogP contribution in [0.15, 0.2) is 157 Å². The van der Waals surface area contributed by atoms with Gasteiger partial charge < -0.3 is 0 Å². The monoisotopic (exact) mass is 699 g/mol. The molecule has 0 radical (unpaired) electrons. The van der Waals surface area contributed by atoms with Gasteiger partial charge in [-0.05, 0) is 131 Å². The maximum absolute atomic E-state index is 11.0. The first-order valence-electron chi connectivity index (χ1n) is 18.6. The van der Waals surface area contributed by atoms with Crippen LogP contribution in [0.25, 0.3) is 77.2 Å². The molecule has 0 saturated carbocycles. The van der Waals surface area contributed by atoms with Crippen LogP contribution in [0, 0.1) is 18.8 Å². The van der Waals surface area contributed by atoms with Gasteiger partial charge in [-0.2, -0.15) is 4.91 Å². The standard InChI is InChI=1S/C50H41NOSi/c1-32-15-18-37(19-16-32)49-44-28-38(35-11-7-5-8-12-35)21-24-42(44)50(40-22-17-34(25-26-51-52)27-33(40)2)45-30-43-41-23-20-39(36-13-9-6-10-14-36)29-47(41)53(3,4)48(43)31-46(45)49/h5-24,27-31H,25-26H2,1-4H3. The smallest absolute Gasteiger partial charge is 0.113 e. The van der Waals surface area contributed by atoms with Gasteiger partial charge in [0, 0.05) is 0 Å². The van der Waals surface area contributed by atoms with E-state index in [4.69, 9.17) is 0 Å². The zero-order valence-electron chi connectivity index (χ0n) is 30.7. The Morgan fingerprint density at radius 2 is 1.06 bits per heavy atom. The van der Waals surface area contributed by atoms with E-state index in [1.54, 1.807) is 0 Å². The predicted molar refractivity (Wildman–Crippen MR) is 229 cm³/mol. The molecule has 0 saturated heterocycles. The number of nitroso groups, excluding NO2 is 1. The second-order valence-electron chi connectivity index (χ2n) is 15.2. The fraction of sp³-hybridized carbons (Fsp3) is 0.120. The molecule has 8 aromatic carbocycles. The van der Waals surface area contributed by atoms with Crippen molar-refractivity contribution in [2.75, 3.05) is 6.54 Å². The molecule has 0 fully saturated rings. The van der Waals surface area contributed by atoms with E-state index in [0.29, 0.717) is 6.42 Å². The van der Waals surface area contributed by atoms with Crippen LogP contribution >= 0.6 is 0 Å². The number of hydrogen-bond donors (Lipinski definition) is 0. The highest BCUT2D eigenvalue weighted by Crippen LogP contribution is 2.47. The van der Waals surface area contributed by atoms with Crippen molar-refractivity contribution < 1.29 is 0 Å². The van der Waals surface area contributed by atoms with Gasteiger partial charge in [0.25, 0.3) is 0 Å². The fourth-order valence-corrected chi connectivity index (χ4v) is 11.8. The second kappa shape index (κ2) is 12.9. The number of fused-ring (bicyclic) bond motifs is 5. The molecule has 3 heteroatoms. The molecule has 53 heavy (non-hydrogen) atoms. The zero-order valence-corrected chi connectivity index (χ0v) is 31.7. The van der Waals surface area contributed by atoms with Crippen molar-refractivity contribution in [2.24, 2.45) is 5.18 Å². The van der Waals surface area contributed by atoms with Crippen LogP contribution in [-0.4, -0.2) is 14.6 Å². The van der Waals surface area contributed by atoms with E-state index in [0.717, 1.165) is 5.56 Å². The molecule has 9 rings (SSSR count). The Morgan fingerprint density at radius 3 is 1.74 bits per heavy atom. The molecule has 0 atom stereocenters. The Morgan fingerprint density at radius 1 is 0.472 bits per heavy atom. The third-order valence-corrected chi connectivity index (χ3v) is 15.0. The minimum absolute atomic E-state index is 0.287. The molecule has 1 heterocycles. The molecule has 0 amide bonds. The summed E-state index contributed by atoms with van der Waals surface area (Å²) in [4.78, 5) is 11.0. The van der Waals surface area contributed by atoms with E-state index < -0.39 is 8.07 Å². The topological polar surface area (TPSA) is 29.4 Å². The van der Waals surface area contributed by atoms with Crippen molar-refractivity contribution >= 4 is 40.0 Å². The van der Waals surface area contributed by atoms with Crippen LogP contribution < -0.4 is 10.4 Å². The highest BCUT2D eigenvalue weighted by atomic mass is 28.3. The third-order valence-electron chi connectivity index (χ3n) is 11.5. The molecule has 2 nitrogen and oxygen atoms in total. The lowest BCUT2D eigenvalue weighted by atomic mass is 9.82. The van der Waals surface area contributed by atoms with Crippen LogP contribution in [0.5, 0.6) is 0 Å². The van der Waals surface area contributed by atoms with E-state index in [2.05, 4.69) is 184 Å². The number of hydrogen-bond acceptors (Lipinski definition) is 2. The molecule has 0 bridgehead atoms. The van der Waals surface area contributed by atoms with Gasteiger partial charge in [-0.3, -0.25) is 0 Å². The summed E-state index contributed by atoms with van der Waals surface area (Å²) in [5, 5.41) is 11.2. The van der Waals surface area contributed by atoms with Gasteiger partial charge in [-0.15, -0.1) is 0 Å². The normalized spacial score (nSPS) is 12.9. The second-order valence-corrected chi connectivity index (χ2v) is 19.5. The van der Waals surface area contributed by atoms with Gasteiger partial charge in [-0.1, -0.05) is 163 Å². The van der Waals surface area contributed by atoms with Crippen LogP contribution in [0.1, 0.15) is 16.7 Å². The Bertz CT molecular complexity index is 2710. The molecule has 256 valence electrons. The predicted octanol–water partition coefficient (Wildman–Crippen LogP) is 12.4. The SMILES string of the molecule is Cc1ccc(-c2c3cc(-c4ccccc4)ccc3c(-c3ccc(CCN=O)cc3C)c3cc4c(cc23)[Si](C)(C)c2cc(-c3ccccc3)ccc2-4)cc1. The minimum Gasteiger partial charge on any atom is -0.151 e. The van der Waals surface area contributed by atoms with E-state index in [-0.39, 0.29) is 6.54 Å². The van der Waals surface area contributed by atoms with Crippen LogP contribution in [0.2, 0.25) is 13.1 Å². The third kappa shape index (κ3) is 5.55. The molecule has 1 aliphatic heterocycles. The lowest BCUT2D eigenvalue weighted by Gasteiger charge is -2.23. The van der Waals surface area contributed by atoms with Crippen LogP contribution in [-0.2, 0) is 6.42 Å². The summed E-state index contributed by atoms with van der Waals surface area (Å²) in [6.45, 7) is 9.71.